The molecule has 1 rings (SSSR count). The van der Waals surface area contributed by atoms with Gasteiger partial charge >= 0.3 is 0 Å². The van der Waals surface area contributed by atoms with Gasteiger partial charge in [-0.1, -0.05) is 49.7 Å². The number of hydrogen-bond acceptors (Lipinski definition) is 0. The van der Waals surface area contributed by atoms with Crippen molar-refractivity contribution in [3.63, 3.8) is 0 Å². The second-order valence-electron chi connectivity index (χ2n) is 1.65. The van der Waals surface area contributed by atoms with Gasteiger partial charge in [-0.3, -0.25) is 0 Å². The number of rotatable bonds is 0. The fourth-order valence-electron chi connectivity index (χ4n) is 0.534. The van der Waals surface area contributed by atoms with Crippen molar-refractivity contribution >= 4 is 0 Å². The van der Waals surface area contributed by atoms with E-state index in [0.29, 0.717) is 0 Å². The molecule has 0 unspecified atom stereocenters. The minimum absolute atomic E-state index is 1.32. The highest BCUT2D eigenvalue weighted by atomic mass is 13.8. The van der Waals surface area contributed by atoms with Gasteiger partial charge in [0.25, 0.3) is 0 Å². The topological polar surface area (TPSA) is 0 Å². The molecule has 0 radical (unpaired) electrons. The van der Waals surface area contributed by atoms with E-state index in [9.17, 15) is 0 Å². The van der Waals surface area contributed by atoms with E-state index in [0.717, 1.165) is 0 Å². The molecule has 0 bridgehead atoms. The van der Waals surface area contributed by atoms with Crippen molar-refractivity contribution in [2.75, 3.05) is 0 Å². The fourth-order valence-corrected chi connectivity index (χ4v) is 0.534. The van der Waals surface area contributed by atoms with E-state index in [1.165, 1.54) is 5.56 Å². The lowest BCUT2D eigenvalue weighted by molar-refractivity contribution is 1.48. The first kappa shape index (κ1) is 12.5. The maximum atomic E-state index is 4.00. The third-order valence-electron chi connectivity index (χ3n) is 0.940. The lowest BCUT2D eigenvalue weighted by Crippen LogP contribution is -1.62. The van der Waals surface area contributed by atoms with Crippen molar-refractivity contribution in [3.05, 3.63) is 35.9 Å². The zero-order valence-electron chi connectivity index (χ0n) is 7.54. The van der Waals surface area contributed by atoms with E-state index in [1.807, 2.05) is 32.0 Å². The lowest BCUT2D eigenvalue weighted by atomic mass is 10.2. The number of benzene rings is 1. The van der Waals surface area contributed by atoms with E-state index in [1.54, 1.807) is 0 Å². The predicted octanol–water partition coefficient (Wildman–Crippen LogP) is 3.27. The molecule has 0 heteroatoms. The molecule has 0 nitrogen and oxygen atoms in total. The average Bonchev–Trinajstić information content (AvgIpc) is 2.13. The molecule has 0 atom stereocenters. The van der Waals surface area contributed by atoms with Gasteiger partial charge in [0.05, 0.1) is 0 Å². The summed E-state index contributed by atoms with van der Waals surface area (Å²) in [4.78, 5) is 0. The van der Waals surface area contributed by atoms with Gasteiger partial charge in [0.15, 0.2) is 0 Å². The number of hydrogen-bond donors (Lipinski definition) is 0. The summed E-state index contributed by atoms with van der Waals surface area (Å²) in [6.45, 7) is 6.08. The molecule has 0 aliphatic rings. The third-order valence-corrected chi connectivity index (χ3v) is 0.940. The van der Waals surface area contributed by atoms with E-state index < -0.39 is 0 Å². The van der Waals surface area contributed by atoms with Crippen LogP contribution in [0.15, 0.2) is 30.3 Å². The second kappa shape index (κ2) is 11.6. The van der Waals surface area contributed by atoms with Crippen LogP contribution in [-0.2, 0) is 0 Å². The monoisotopic (exact) mass is 148 g/mol. The summed E-state index contributed by atoms with van der Waals surface area (Å²) in [5.41, 5.74) is 1.32. The van der Waals surface area contributed by atoms with Gasteiger partial charge in [-0.2, -0.15) is 0 Å². The molecule has 1 aromatic carbocycles. The summed E-state index contributed by atoms with van der Waals surface area (Å²) in [5.74, 6) is 0. The molecule has 0 saturated heterocycles. The van der Waals surface area contributed by atoms with Crippen LogP contribution in [0.4, 0.5) is 0 Å². The first-order valence-corrected chi connectivity index (χ1v) is 3.74. The minimum atomic E-state index is 1.32. The largest absolute Gasteiger partial charge is 0.124 e. The molecule has 11 heavy (non-hydrogen) atoms. The Bertz CT molecular complexity index is 160. The quantitative estimate of drug-likeness (QED) is 0.495. The second-order valence-corrected chi connectivity index (χ2v) is 1.65. The van der Waals surface area contributed by atoms with Crippen LogP contribution in [0.1, 0.15) is 19.4 Å². The Morgan fingerprint density at radius 3 is 1.45 bits per heavy atom. The lowest BCUT2D eigenvalue weighted by Gasteiger charge is -1.82. The number of aryl methyl sites for hydroxylation is 1. The maximum absolute atomic E-state index is 4.00. The van der Waals surface area contributed by atoms with Crippen LogP contribution in [0, 0.1) is 19.8 Å². The van der Waals surface area contributed by atoms with E-state index in [-0.39, 0.29) is 0 Å². The van der Waals surface area contributed by atoms with Gasteiger partial charge in [0.2, 0.25) is 0 Å². The van der Waals surface area contributed by atoms with Crippen LogP contribution in [0.25, 0.3) is 0 Å². The van der Waals surface area contributed by atoms with Crippen molar-refractivity contribution in [2.24, 2.45) is 0 Å². The van der Waals surface area contributed by atoms with Crippen molar-refractivity contribution in [2.45, 2.75) is 20.8 Å². The molecular weight excluding hydrogens is 132 g/mol. The molecule has 0 spiro atoms. The first-order chi connectivity index (χ1) is 5.39. The Morgan fingerprint density at radius 2 is 1.27 bits per heavy atom. The number of terminal acetylenes is 1. The molecule has 0 amide bonds. The summed E-state index contributed by atoms with van der Waals surface area (Å²) >= 11 is 0. The Hall–Kier alpha value is -1.22. The molecule has 0 aromatic heterocycles. The van der Waals surface area contributed by atoms with Crippen molar-refractivity contribution < 1.29 is 0 Å². The molecule has 1 aromatic rings. The maximum Gasteiger partial charge on any atom is -0.0398 e. The van der Waals surface area contributed by atoms with Crippen LogP contribution >= 0.6 is 0 Å². The smallest absolute Gasteiger partial charge is 0.0398 e. The zero-order valence-corrected chi connectivity index (χ0v) is 7.54. The average molecular weight is 148 g/mol. The molecule has 0 N–H and O–H groups in total. The summed E-state index contributed by atoms with van der Waals surface area (Å²) in [6.07, 6.45) is 8.00. The summed E-state index contributed by atoms with van der Waals surface area (Å²) in [6, 6.07) is 10.3. The van der Waals surface area contributed by atoms with Gasteiger partial charge in [-0.15, -0.1) is 12.8 Å². The molecule has 0 saturated carbocycles. The van der Waals surface area contributed by atoms with Crippen LogP contribution in [-0.4, -0.2) is 0 Å². The third kappa shape index (κ3) is 8.78. The van der Waals surface area contributed by atoms with Crippen molar-refractivity contribution in [3.8, 4) is 12.8 Å². The predicted molar refractivity (Wildman–Crippen MR) is 52.4 cm³/mol. The van der Waals surface area contributed by atoms with E-state index in [2.05, 4.69) is 31.9 Å². The molecule has 0 heterocycles. The Balaban J connectivity index is 0. The zero-order chi connectivity index (χ0) is 9.11. The van der Waals surface area contributed by atoms with Crippen LogP contribution in [0.2, 0.25) is 0 Å². The van der Waals surface area contributed by atoms with Gasteiger partial charge < -0.3 is 0 Å². The van der Waals surface area contributed by atoms with Gasteiger partial charge in [-0.25, -0.2) is 0 Å². The van der Waals surface area contributed by atoms with Crippen LogP contribution < -0.4 is 0 Å². The highest BCUT2D eigenvalue weighted by molar-refractivity contribution is 5.11. The summed E-state index contributed by atoms with van der Waals surface area (Å²) < 4.78 is 0. The van der Waals surface area contributed by atoms with E-state index in [4.69, 9.17) is 0 Å². The van der Waals surface area contributed by atoms with Crippen LogP contribution in [0.5, 0.6) is 0 Å². The molecule has 0 fully saturated rings. The highest BCUT2D eigenvalue weighted by Crippen LogP contribution is 1.92. The SMILES string of the molecule is C#C.CC.Cc1ccccc1. The van der Waals surface area contributed by atoms with Crippen LogP contribution in [0.3, 0.4) is 0 Å². The van der Waals surface area contributed by atoms with Gasteiger partial charge in [-0.05, 0) is 6.92 Å². The molecule has 60 valence electrons. The molecular formula is C11H16. The normalized spacial score (nSPS) is 6.27. The fraction of sp³-hybridized carbons (Fsp3) is 0.273. The van der Waals surface area contributed by atoms with Crippen molar-refractivity contribution in [1.82, 2.24) is 0 Å². The standard InChI is InChI=1S/C7H8.C2H6.C2H2/c1-7-5-3-2-4-6-7;2*1-2/h2-6H,1H3;1-2H3;1-2H. The van der Waals surface area contributed by atoms with E-state index >= 15 is 0 Å². The summed E-state index contributed by atoms with van der Waals surface area (Å²) in [7, 11) is 0. The van der Waals surface area contributed by atoms with Gasteiger partial charge in [0.1, 0.15) is 0 Å². The Labute approximate surface area is 70.3 Å². The molecule has 0 aliphatic carbocycles. The Kier molecular flexibility index (Phi) is 13.1. The van der Waals surface area contributed by atoms with Crippen molar-refractivity contribution in [1.29, 1.82) is 0 Å². The molecule has 0 aliphatic heterocycles. The first-order valence-electron chi connectivity index (χ1n) is 3.74. The van der Waals surface area contributed by atoms with Gasteiger partial charge in [0, 0.05) is 0 Å². The Morgan fingerprint density at radius 1 is 0.909 bits per heavy atom. The minimum Gasteiger partial charge on any atom is -0.124 e. The summed E-state index contributed by atoms with van der Waals surface area (Å²) in [5, 5.41) is 0. The highest BCUT2D eigenvalue weighted by Gasteiger charge is 1.72.